The highest BCUT2D eigenvalue weighted by molar-refractivity contribution is 7.19. The Morgan fingerprint density at radius 1 is 0.969 bits per heavy atom. The zero-order chi connectivity index (χ0) is 24.1. The first-order valence-corrected chi connectivity index (χ1v) is 13.3. The van der Waals surface area contributed by atoms with Gasteiger partial charge in [-0.3, -0.25) is 0 Å². The molecule has 0 aromatic rings. The molecular weight excluding hydrogens is 407 g/mol. The summed E-state index contributed by atoms with van der Waals surface area (Å²) in [4.78, 5) is 2.65. The Hall–Kier alpha value is -1.11. The fourth-order valence-electron chi connectivity index (χ4n) is 4.53. The smallest absolute Gasteiger partial charge is 0.0556 e. The lowest BCUT2D eigenvalue weighted by atomic mass is 9.84. The van der Waals surface area contributed by atoms with Crippen molar-refractivity contribution in [2.75, 3.05) is 19.6 Å². The molecule has 1 heterocycles. The molecule has 0 bridgehead atoms. The van der Waals surface area contributed by atoms with Crippen LogP contribution >= 0.6 is 9.24 Å². The normalized spacial score (nSPS) is 18.3. The van der Waals surface area contributed by atoms with Crippen molar-refractivity contribution >= 4 is 9.24 Å². The van der Waals surface area contributed by atoms with Crippen LogP contribution < -0.4 is 5.32 Å². The average Bonchev–Trinajstić information content (AvgIpc) is 2.72. The van der Waals surface area contributed by atoms with Crippen LogP contribution in [0.2, 0.25) is 0 Å². The summed E-state index contributed by atoms with van der Waals surface area (Å²) in [6, 6.07) is 0.295. The highest BCUT2D eigenvalue weighted by Gasteiger charge is 2.37. The average molecular weight is 459 g/mol. The van der Waals surface area contributed by atoms with Crippen LogP contribution in [0.4, 0.5) is 0 Å². The molecule has 1 N–H and O–H groups in total. The summed E-state index contributed by atoms with van der Waals surface area (Å²) in [5, 5.41) is 3.75. The van der Waals surface area contributed by atoms with Gasteiger partial charge in [0.05, 0.1) is 6.04 Å². The first kappa shape index (κ1) is 28.9. The topological polar surface area (TPSA) is 15.3 Å². The zero-order valence-electron chi connectivity index (χ0n) is 21.9. The minimum absolute atomic E-state index is 0.191. The zero-order valence-corrected chi connectivity index (χ0v) is 23.0. The largest absolute Gasteiger partial charge is 0.382 e. The lowest BCUT2D eigenvalue weighted by molar-refractivity contribution is 0.183. The second-order valence-corrected chi connectivity index (χ2v) is 11.3. The molecular formula is C29H51N2P. The second-order valence-electron chi connectivity index (χ2n) is 10.2. The summed E-state index contributed by atoms with van der Waals surface area (Å²) < 4.78 is 0. The lowest BCUT2D eigenvalue weighted by Gasteiger charge is -2.45. The van der Waals surface area contributed by atoms with Crippen LogP contribution in [-0.2, 0) is 0 Å². The third-order valence-corrected chi connectivity index (χ3v) is 7.62. The van der Waals surface area contributed by atoms with Gasteiger partial charge in [-0.25, -0.2) is 0 Å². The minimum atomic E-state index is 0.191. The third kappa shape index (κ3) is 10.7. The Morgan fingerprint density at radius 2 is 1.62 bits per heavy atom. The van der Waals surface area contributed by atoms with Crippen molar-refractivity contribution < 1.29 is 0 Å². The maximum atomic E-state index is 4.23. The molecule has 2 atom stereocenters. The number of likely N-dealkylation sites (tertiary alicyclic amines) is 1. The SMILES string of the molecule is C=C(C)NC(C(=C)C)C1(P)CCN(CCCCC/C(C)=C/C=C(/CCCC)C(=C)C)CC1. The van der Waals surface area contributed by atoms with E-state index in [1.54, 1.807) is 0 Å². The summed E-state index contributed by atoms with van der Waals surface area (Å²) in [6.45, 7) is 26.8. The predicted molar refractivity (Wildman–Crippen MR) is 149 cm³/mol. The molecule has 0 aliphatic carbocycles. The fraction of sp³-hybridized carbons (Fsp3) is 0.655. The van der Waals surface area contributed by atoms with Gasteiger partial charge in [-0.2, -0.15) is 0 Å². The van der Waals surface area contributed by atoms with Gasteiger partial charge in [-0.05, 0) is 97.8 Å². The van der Waals surface area contributed by atoms with Crippen LogP contribution in [0.5, 0.6) is 0 Å². The molecule has 1 aliphatic rings. The van der Waals surface area contributed by atoms with Gasteiger partial charge in [0.15, 0.2) is 0 Å². The van der Waals surface area contributed by atoms with Gasteiger partial charge >= 0.3 is 0 Å². The van der Waals surface area contributed by atoms with Gasteiger partial charge in [-0.15, -0.1) is 9.24 Å². The standard InChI is InChI=1S/C29H51N2P/c1-9-10-15-27(23(2)3)17-16-26(8)14-12-11-13-20-31-21-18-29(32,19-22-31)28(24(4)5)30-25(6)7/h16-17,28,30H,2,4,6,9-15,18-22,32H2,1,3,5,7-8H3/b26-16+,27-17-. The van der Waals surface area contributed by atoms with Crippen molar-refractivity contribution in [3.05, 3.63) is 59.9 Å². The minimum Gasteiger partial charge on any atom is -0.382 e. The molecule has 1 aliphatic heterocycles. The van der Waals surface area contributed by atoms with E-state index >= 15 is 0 Å². The molecule has 0 spiro atoms. The molecule has 0 aromatic carbocycles. The van der Waals surface area contributed by atoms with E-state index in [1.165, 1.54) is 93.3 Å². The second kappa shape index (κ2) is 14.9. The Labute approximate surface area is 202 Å². The van der Waals surface area contributed by atoms with Crippen LogP contribution in [0.25, 0.3) is 0 Å². The maximum absolute atomic E-state index is 4.23. The Morgan fingerprint density at radius 3 is 2.16 bits per heavy atom. The number of hydrogen-bond donors (Lipinski definition) is 1. The first-order chi connectivity index (χ1) is 15.1. The molecule has 0 radical (unpaired) electrons. The van der Waals surface area contributed by atoms with Crippen molar-refractivity contribution in [1.29, 1.82) is 0 Å². The molecule has 3 heteroatoms. The van der Waals surface area contributed by atoms with E-state index in [0.717, 1.165) is 12.1 Å². The number of hydrogen-bond acceptors (Lipinski definition) is 2. The van der Waals surface area contributed by atoms with Crippen molar-refractivity contribution in [1.82, 2.24) is 10.2 Å². The van der Waals surface area contributed by atoms with E-state index in [4.69, 9.17) is 0 Å². The Balaban J connectivity index is 2.35. The number of rotatable bonds is 15. The van der Waals surface area contributed by atoms with Crippen molar-refractivity contribution in [3.63, 3.8) is 0 Å². The van der Waals surface area contributed by atoms with Crippen LogP contribution in [0.3, 0.4) is 0 Å². The summed E-state index contributed by atoms with van der Waals surface area (Å²) in [7, 11) is 3.15. The highest BCUT2D eigenvalue weighted by atomic mass is 31.0. The quantitative estimate of drug-likeness (QED) is 0.116. The molecule has 1 rings (SSSR count). The molecule has 1 fully saturated rings. The lowest BCUT2D eigenvalue weighted by Crippen LogP contribution is -2.52. The van der Waals surface area contributed by atoms with Gasteiger partial charge in [-0.1, -0.05) is 68.4 Å². The fourth-order valence-corrected chi connectivity index (χ4v) is 5.16. The van der Waals surface area contributed by atoms with Gasteiger partial charge in [0.1, 0.15) is 0 Å². The molecule has 0 saturated carbocycles. The van der Waals surface area contributed by atoms with E-state index in [9.17, 15) is 0 Å². The van der Waals surface area contributed by atoms with Crippen LogP contribution in [-0.4, -0.2) is 35.7 Å². The van der Waals surface area contributed by atoms with Crippen molar-refractivity contribution in [2.45, 2.75) is 104 Å². The maximum Gasteiger partial charge on any atom is 0.0556 e. The van der Waals surface area contributed by atoms with E-state index in [-0.39, 0.29) is 5.16 Å². The summed E-state index contributed by atoms with van der Waals surface area (Å²) in [5.74, 6) is 0. The van der Waals surface area contributed by atoms with E-state index in [2.05, 4.69) is 79.0 Å². The van der Waals surface area contributed by atoms with Crippen molar-refractivity contribution in [3.8, 4) is 0 Å². The van der Waals surface area contributed by atoms with Gasteiger partial charge < -0.3 is 10.2 Å². The summed E-state index contributed by atoms with van der Waals surface area (Å²) in [6.07, 6.45) is 15.7. The van der Waals surface area contributed by atoms with E-state index in [0.29, 0.717) is 6.04 Å². The molecule has 2 unspecified atom stereocenters. The van der Waals surface area contributed by atoms with Crippen molar-refractivity contribution in [2.24, 2.45) is 0 Å². The van der Waals surface area contributed by atoms with Crippen LogP contribution in [0.1, 0.15) is 92.4 Å². The van der Waals surface area contributed by atoms with Gasteiger partial charge in [0.25, 0.3) is 0 Å². The number of piperidine rings is 1. The molecule has 0 aromatic heterocycles. The number of nitrogens with zero attached hydrogens (tertiary/aromatic N) is 1. The van der Waals surface area contributed by atoms with Gasteiger partial charge in [0, 0.05) is 10.9 Å². The predicted octanol–water partition coefficient (Wildman–Crippen LogP) is 7.96. The number of unbranched alkanes of at least 4 members (excludes halogenated alkanes) is 3. The van der Waals surface area contributed by atoms with Gasteiger partial charge in [0.2, 0.25) is 0 Å². The van der Waals surface area contributed by atoms with E-state index < -0.39 is 0 Å². The Bertz CT molecular complexity index is 677. The molecule has 2 nitrogen and oxygen atoms in total. The molecule has 1 saturated heterocycles. The summed E-state index contributed by atoms with van der Waals surface area (Å²) >= 11 is 0. The number of nitrogens with one attached hydrogen (secondary N) is 1. The molecule has 182 valence electrons. The summed E-state index contributed by atoms with van der Waals surface area (Å²) in [5.41, 5.74) is 6.34. The molecule has 0 amide bonds. The highest BCUT2D eigenvalue weighted by Crippen LogP contribution is 2.37. The monoisotopic (exact) mass is 458 g/mol. The Kier molecular flexibility index (Phi) is 13.5. The van der Waals surface area contributed by atoms with Crippen LogP contribution in [0, 0.1) is 0 Å². The molecule has 32 heavy (non-hydrogen) atoms. The number of allylic oxidation sites excluding steroid dienone is 6. The van der Waals surface area contributed by atoms with E-state index in [1.807, 2.05) is 6.92 Å². The third-order valence-electron chi connectivity index (χ3n) is 6.71. The van der Waals surface area contributed by atoms with Crippen LogP contribution in [0.15, 0.2) is 59.9 Å². The first-order valence-electron chi connectivity index (χ1n) is 12.7.